The van der Waals surface area contributed by atoms with Crippen molar-refractivity contribution in [3.63, 3.8) is 0 Å². The van der Waals surface area contributed by atoms with Crippen molar-refractivity contribution in [1.29, 1.82) is 0 Å². The molecule has 1 aromatic heterocycles. The van der Waals surface area contributed by atoms with E-state index in [1.165, 1.54) is 0 Å². The Morgan fingerprint density at radius 3 is 2.69 bits per heavy atom. The maximum atomic E-state index is 12.4. The van der Waals surface area contributed by atoms with Crippen LogP contribution in [0.2, 0.25) is 0 Å². The highest BCUT2D eigenvalue weighted by Gasteiger charge is 2.29. The highest BCUT2D eigenvalue weighted by molar-refractivity contribution is 6.10. The van der Waals surface area contributed by atoms with Crippen molar-refractivity contribution in [2.45, 2.75) is 45.2 Å². The highest BCUT2D eigenvalue weighted by Crippen LogP contribution is 2.22. The van der Waals surface area contributed by atoms with Crippen LogP contribution < -0.4 is 16.0 Å². The number of aromatic nitrogens is 2. The molecule has 1 aliphatic heterocycles. The molecule has 3 aromatic rings. The van der Waals surface area contributed by atoms with Gasteiger partial charge < -0.3 is 20.5 Å². The lowest BCUT2D eigenvalue weighted by Crippen LogP contribution is -2.44. The Labute approximate surface area is 186 Å². The van der Waals surface area contributed by atoms with Gasteiger partial charge in [-0.05, 0) is 44.5 Å². The molecule has 166 valence electrons. The van der Waals surface area contributed by atoms with Gasteiger partial charge in [0.25, 0.3) is 5.91 Å². The van der Waals surface area contributed by atoms with E-state index in [9.17, 15) is 14.4 Å². The molecule has 0 fully saturated rings. The number of anilines is 1. The van der Waals surface area contributed by atoms with E-state index in [4.69, 9.17) is 4.98 Å². The molecule has 1 atom stereocenters. The highest BCUT2D eigenvalue weighted by atomic mass is 16.2. The summed E-state index contributed by atoms with van der Waals surface area (Å²) in [5.41, 5.74) is 2.91. The lowest BCUT2D eigenvalue weighted by atomic mass is 10.1. The Bertz CT molecular complexity index is 1170. The van der Waals surface area contributed by atoms with Gasteiger partial charge in [0.05, 0.1) is 28.7 Å². The van der Waals surface area contributed by atoms with Crippen LogP contribution in [-0.2, 0) is 16.0 Å². The van der Waals surface area contributed by atoms with Crippen LogP contribution in [-0.4, -0.2) is 39.9 Å². The molecule has 3 N–H and O–H groups in total. The maximum Gasteiger partial charge on any atom is 0.254 e. The van der Waals surface area contributed by atoms with E-state index in [0.29, 0.717) is 17.8 Å². The molecule has 0 spiro atoms. The van der Waals surface area contributed by atoms with Gasteiger partial charge in [-0.3, -0.25) is 14.4 Å². The number of carbonyl (C=O) groups excluding carboxylic acids is 3. The Balaban J connectivity index is 1.31. The summed E-state index contributed by atoms with van der Waals surface area (Å²) in [6, 6.07) is 14.2. The molecule has 0 bridgehead atoms. The zero-order valence-electron chi connectivity index (χ0n) is 18.2. The number of hydrogen-bond acceptors (Lipinski definition) is 4. The molecule has 0 aliphatic carbocycles. The van der Waals surface area contributed by atoms with Crippen LogP contribution in [0.15, 0.2) is 48.5 Å². The number of nitrogens with zero attached hydrogens (tertiary/aromatic N) is 2. The summed E-state index contributed by atoms with van der Waals surface area (Å²) in [7, 11) is 0. The van der Waals surface area contributed by atoms with Crippen molar-refractivity contribution in [3.05, 3.63) is 59.9 Å². The molecular formula is C24H27N5O3. The van der Waals surface area contributed by atoms with Crippen molar-refractivity contribution in [2.24, 2.45) is 0 Å². The van der Waals surface area contributed by atoms with Gasteiger partial charge >= 0.3 is 0 Å². The normalized spacial score (nSPS) is 15.8. The number of para-hydroxylation sites is 3. The van der Waals surface area contributed by atoms with Crippen molar-refractivity contribution < 1.29 is 14.4 Å². The molecular weight excluding hydrogens is 406 g/mol. The second kappa shape index (κ2) is 9.21. The SMILES string of the molecule is CC(C)n1c(CCCNC(=O)C[C@@H]2NC(=O)c3ccccc3NC2=O)nc2ccccc21. The van der Waals surface area contributed by atoms with Gasteiger partial charge in [-0.15, -0.1) is 0 Å². The summed E-state index contributed by atoms with van der Waals surface area (Å²) in [6.07, 6.45) is 1.33. The van der Waals surface area contributed by atoms with Gasteiger partial charge in [0.2, 0.25) is 11.8 Å². The second-order valence-corrected chi connectivity index (χ2v) is 8.20. The molecule has 32 heavy (non-hydrogen) atoms. The Morgan fingerprint density at radius 2 is 1.88 bits per heavy atom. The van der Waals surface area contributed by atoms with Crippen LogP contribution >= 0.6 is 0 Å². The van der Waals surface area contributed by atoms with E-state index in [0.717, 1.165) is 29.7 Å². The standard InChI is InChI=1S/C24H27N5O3/c1-15(2)29-20-11-6-5-10-18(20)26-21(29)12-7-13-25-22(30)14-19-24(32)27-17-9-4-3-8-16(17)23(31)28-19/h3-6,8-11,15,19H,7,12-14H2,1-2H3,(H,25,30)(H,27,32)(H,28,31)/t19-/m0/s1. The van der Waals surface area contributed by atoms with Crippen molar-refractivity contribution in [2.75, 3.05) is 11.9 Å². The summed E-state index contributed by atoms with van der Waals surface area (Å²) in [5.74, 6) is -0.0640. The largest absolute Gasteiger partial charge is 0.356 e. The third-order valence-electron chi connectivity index (χ3n) is 5.53. The zero-order valence-corrected chi connectivity index (χ0v) is 18.2. The minimum atomic E-state index is -0.917. The smallest absolute Gasteiger partial charge is 0.254 e. The number of aryl methyl sites for hydroxylation is 1. The fraction of sp³-hybridized carbons (Fsp3) is 0.333. The third-order valence-corrected chi connectivity index (χ3v) is 5.53. The third kappa shape index (κ3) is 4.49. The van der Waals surface area contributed by atoms with Crippen molar-refractivity contribution in [3.8, 4) is 0 Å². The molecule has 0 saturated carbocycles. The van der Waals surface area contributed by atoms with Crippen molar-refractivity contribution >= 4 is 34.4 Å². The van der Waals surface area contributed by atoms with E-state index in [1.54, 1.807) is 24.3 Å². The molecule has 4 rings (SSSR count). The van der Waals surface area contributed by atoms with Gasteiger partial charge in [0.1, 0.15) is 11.9 Å². The number of carbonyl (C=O) groups is 3. The average molecular weight is 434 g/mol. The van der Waals surface area contributed by atoms with Crippen LogP contribution in [0.4, 0.5) is 5.69 Å². The monoisotopic (exact) mass is 433 g/mol. The average Bonchev–Trinajstić information content (AvgIpc) is 3.09. The fourth-order valence-corrected chi connectivity index (χ4v) is 4.03. The van der Waals surface area contributed by atoms with Crippen LogP contribution in [0, 0.1) is 0 Å². The molecule has 2 heterocycles. The lowest BCUT2D eigenvalue weighted by Gasteiger charge is -2.15. The summed E-state index contributed by atoms with van der Waals surface area (Å²) >= 11 is 0. The summed E-state index contributed by atoms with van der Waals surface area (Å²) in [6.45, 7) is 4.72. The number of fused-ring (bicyclic) bond motifs is 2. The van der Waals surface area contributed by atoms with Gasteiger partial charge in [-0.25, -0.2) is 4.98 Å². The van der Waals surface area contributed by atoms with E-state index in [2.05, 4.69) is 40.4 Å². The second-order valence-electron chi connectivity index (χ2n) is 8.20. The van der Waals surface area contributed by atoms with Gasteiger partial charge in [-0.2, -0.15) is 0 Å². The van der Waals surface area contributed by atoms with Crippen LogP contribution in [0.5, 0.6) is 0 Å². The van der Waals surface area contributed by atoms with Gasteiger partial charge in [0.15, 0.2) is 0 Å². The first-order chi connectivity index (χ1) is 15.4. The minimum absolute atomic E-state index is 0.115. The first-order valence-electron chi connectivity index (χ1n) is 10.9. The van der Waals surface area contributed by atoms with Crippen molar-refractivity contribution in [1.82, 2.24) is 20.2 Å². The minimum Gasteiger partial charge on any atom is -0.356 e. The lowest BCUT2D eigenvalue weighted by molar-refractivity contribution is -0.125. The Kier molecular flexibility index (Phi) is 6.20. The molecule has 2 aromatic carbocycles. The predicted octanol–water partition coefficient (Wildman–Crippen LogP) is 2.81. The quantitative estimate of drug-likeness (QED) is 0.498. The maximum absolute atomic E-state index is 12.4. The number of imidazole rings is 1. The summed E-state index contributed by atoms with van der Waals surface area (Å²) in [5, 5.41) is 8.21. The molecule has 8 heteroatoms. The molecule has 1 aliphatic rings. The topological polar surface area (TPSA) is 105 Å². The summed E-state index contributed by atoms with van der Waals surface area (Å²) in [4.78, 5) is 42.0. The first kappa shape index (κ1) is 21.5. The van der Waals surface area contributed by atoms with Crippen LogP contribution in [0.1, 0.15) is 48.9 Å². The number of amides is 3. The first-order valence-corrected chi connectivity index (χ1v) is 10.9. The van der Waals surface area contributed by atoms with Crippen LogP contribution in [0.3, 0.4) is 0 Å². The zero-order chi connectivity index (χ0) is 22.7. The number of hydrogen-bond donors (Lipinski definition) is 3. The van der Waals surface area contributed by atoms with E-state index < -0.39 is 11.9 Å². The molecule has 3 amide bonds. The summed E-state index contributed by atoms with van der Waals surface area (Å²) < 4.78 is 2.22. The van der Waals surface area contributed by atoms with E-state index >= 15 is 0 Å². The molecule has 8 nitrogen and oxygen atoms in total. The van der Waals surface area contributed by atoms with E-state index in [1.807, 2.05) is 18.2 Å². The van der Waals surface area contributed by atoms with Gasteiger partial charge in [0, 0.05) is 19.0 Å². The van der Waals surface area contributed by atoms with E-state index in [-0.39, 0.29) is 24.3 Å². The molecule has 0 unspecified atom stereocenters. The fourth-order valence-electron chi connectivity index (χ4n) is 4.03. The van der Waals surface area contributed by atoms with Crippen LogP contribution in [0.25, 0.3) is 11.0 Å². The number of benzene rings is 2. The Hall–Kier alpha value is -3.68. The molecule has 0 saturated heterocycles. The van der Waals surface area contributed by atoms with Gasteiger partial charge in [-0.1, -0.05) is 24.3 Å². The molecule has 0 radical (unpaired) electrons. The Morgan fingerprint density at radius 1 is 1.12 bits per heavy atom. The number of rotatable bonds is 7. The predicted molar refractivity (Wildman–Crippen MR) is 122 cm³/mol. The number of nitrogens with one attached hydrogen (secondary N) is 3.